The summed E-state index contributed by atoms with van der Waals surface area (Å²) in [7, 11) is 0. The molecule has 1 heterocycles. The van der Waals surface area contributed by atoms with E-state index in [2.05, 4.69) is 15.5 Å². The fourth-order valence-electron chi connectivity index (χ4n) is 3.19. The summed E-state index contributed by atoms with van der Waals surface area (Å²) < 4.78 is 11.1. The molecule has 6 heteroatoms. The zero-order valence-electron chi connectivity index (χ0n) is 14.8. The highest BCUT2D eigenvalue weighted by atomic mass is 16.5. The summed E-state index contributed by atoms with van der Waals surface area (Å²) >= 11 is 0. The molecule has 1 aromatic heterocycles. The number of ether oxygens (including phenoxy) is 1. The molecule has 0 aliphatic heterocycles. The molecule has 2 aromatic rings. The summed E-state index contributed by atoms with van der Waals surface area (Å²) in [4.78, 5) is 17.0. The predicted octanol–water partition coefficient (Wildman–Crippen LogP) is 4.11. The zero-order chi connectivity index (χ0) is 17.6. The van der Waals surface area contributed by atoms with Gasteiger partial charge < -0.3 is 14.6 Å². The first-order valence-electron chi connectivity index (χ1n) is 9.03. The number of nitrogens with zero attached hydrogens (tertiary/aromatic N) is 2. The van der Waals surface area contributed by atoms with Gasteiger partial charge in [0.2, 0.25) is 11.7 Å². The second-order valence-electron chi connectivity index (χ2n) is 6.46. The number of anilines is 1. The number of para-hydroxylation sites is 1. The summed E-state index contributed by atoms with van der Waals surface area (Å²) in [5.74, 6) is 0.832. The molecule has 25 heavy (non-hydrogen) atoms. The molecule has 1 N–H and O–H groups in total. The van der Waals surface area contributed by atoms with Gasteiger partial charge in [0.25, 0.3) is 5.91 Å². The van der Waals surface area contributed by atoms with Crippen LogP contribution in [0.4, 0.5) is 5.69 Å². The molecule has 0 bridgehead atoms. The van der Waals surface area contributed by atoms with Gasteiger partial charge in [-0.05, 0) is 31.4 Å². The summed E-state index contributed by atoms with van der Waals surface area (Å²) in [5.41, 5.74) is 1.40. The van der Waals surface area contributed by atoms with E-state index in [1.165, 1.54) is 19.3 Å². The number of carbonyl (C=O) groups is 1. The Kier molecular flexibility index (Phi) is 5.81. The average Bonchev–Trinajstić information content (AvgIpc) is 3.07. The van der Waals surface area contributed by atoms with Gasteiger partial charge in [0.15, 0.2) is 0 Å². The minimum atomic E-state index is -0.442. The number of rotatable bonds is 6. The van der Waals surface area contributed by atoms with Gasteiger partial charge in [-0.15, -0.1) is 0 Å². The molecule has 1 aliphatic rings. The molecule has 1 saturated carbocycles. The molecule has 6 nitrogen and oxygen atoms in total. The standard InChI is InChI=1S/C19H25N3O3/c1-3-17(24-14-9-5-4-6-10-14)19(23)21-16-12-8-7-11-15(16)18-20-13(2)25-22-18/h7-8,11-12,14,17H,3-6,9-10H2,1-2H3,(H,21,23). The van der Waals surface area contributed by atoms with Crippen LogP contribution < -0.4 is 5.32 Å². The second kappa shape index (κ2) is 8.25. The van der Waals surface area contributed by atoms with Crippen LogP contribution >= 0.6 is 0 Å². The van der Waals surface area contributed by atoms with E-state index in [0.717, 1.165) is 18.4 Å². The van der Waals surface area contributed by atoms with Crippen LogP contribution in [0.3, 0.4) is 0 Å². The lowest BCUT2D eigenvalue weighted by Gasteiger charge is -2.26. The third-order valence-corrected chi connectivity index (χ3v) is 4.53. The number of hydrogen-bond donors (Lipinski definition) is 1. The van der Waals surface area contributed by atoms with Crippen molar-refractivity contribution in [2.24, 2.45) is 0 Å². The van der Waals surface area contributed by atoms with Gasteiger partial charge in [-0.3, -0.25) is 4.79 Å². The molecular weight excluding hydrogens is 318 g/mol. The van der Waals surface area contributed by atoms with Crippen molar-refractivity contribution in [3.05, 3.63) is 30.2 Å². The van der Waals surface area contributed by atoms with Gasteiger partial charge in [0, 0.05) is 12.5 Å². The van der Waals surface area contributed by atoms with Crippen molar-refractivity contribution in [1.82, 2.24) is 10.1 Å². The number of benzene rings is 1. The second-order valence-corrected chi connectivity index (χ2v) is 6.46. The van der Waals surface area contributed by atoms with Crippen LogP contribution in [0.5, 0.6) is 0 Å². The van der Waals surface area contributed by atoms with Gasteiger partial charge in [-0.2, -0.15) is 4.98 Å². The normalized spacial score (nSPS) is 16.6. The molecule has 0 spiro atoms. The monoisotopic (exact) mass is 343 g/mol. The lowest BCUT2D eigenvalue weighted by Crippen LogP contribution is -2.34. The van der Waals surface area contributed by atoms with Crippen LogP contribution in [0.15, 0.2) is 28.8 Å². The quantitative estimate of drug-likeness (QED) is 0.854. The van der Waals surface area contributed by atoms with Gasteiger partial charge in [-0.25, -0.2) is 0 Å². The maximum absolute atomic E-state index is 12.7. The van der Waals surface area contributed by atoms with Crippen molar-refractivity contribution in [2.45, 2.75) is 64.6 Å². The Labute approximate surface area is 148 Å². The van der Waals surface area contributed by atoms with Crippen molar-refractivity contribution in [2.75, 3.05) is 5.32 Å². The highest BCUT2D eigenvalue weighted by Gasteiger charge is 2.24. The summed E-state index contributed by atoms with van der Waals surface area (Å²) in [6, 6.07) is 7.45. The van der Waals surface area contributed by atoms with Crippen LogP contribution in [0, 0.1) is 6.92 Å². The molecule has 0 radical (unpaired) electrons. The van der Waals surface area contributed by atoms with E-state index in [0.29, 0.717) is 23.8 Å². The molecule has 1 unspecified atom stereocenters. The molecular formula is C19H25N3O3. The van der Waals surface area contributed by atoms with Crippen LogP contribution in [-0.2, 0) is 9.53 Å². The van der Waals surface area contributed by atoms with E-state index >= 15 is 0 Å². The molecule has 1 amide bonds. The smallest absolute Gasteiger partial charge is 0.253 e. The third kappa shape index (κ3) is 4.45. The van der Waals surface area contributed by atoms with Crippen molar-refractivity contribution >= 4 is 11.6 Å². The Morgan fingerprint density at radius 3 is 2.76 bits per heavy atom. The SMILES string of the molecule is CCC(OC1CCCCC1)C(=O)Nc1ccccc1-c1noc(C)n1. The summed E-state index contributed by atoms with van der Waals surface area (Å²) in [5, 5.41) is 6.92. The molecule has 1 aliphatic carbocycles. The fraction of sp³-hybridized carbons (Fsp3) is 0.526. The average molecular weight is 343 g/mol. The maximum atomic E-state index is 12.7. The first-order valence-corrected chi connectivity index (χ1v) is 9.03. The van der Waals surface area contributed by atoms with Crippen molar-refractivity contribution in [1.29, 1.82) is 0 Å². The van der Waals surface area contributed by atoms with Crippen molar-refractivity contribution in [3.8, 4) is 11.4 Å². The summed E-state index contributed by atoms with van der Waals surface area (Å²) in [6.07, 6.45) is 6.12. The lowest BCUT2D eigenvalue weighted by atomic mass is 9.97. The molecule has 1 atom stereocenters. The van der Waals surface area contributed by atoms with Crippen molar-refractivity contribution < 1.29 is 14.1 Å². The molecule has 134 valence electrons. The van der Waals surface area contributed by atoms with E-state index in [-0.39, 0.29) is 12.0 Å². The Hall–Kier alpha value is -2.21. The van der Waals surface area contributed by atoms with Gasteiger partial charge in [0.1, 0.15) is 6.10 Å². The molecule has 3 rings (SSSR count). The highest BCUT2D eigenvalue weighted by Crippen LogP contribution is 2.27. The number of hydrogen-bond acceptors (Lipinski definition) is 5. The predicted molar refractivity (Wildman–Crippen MR) is 95.1 cm³/mol. The number of aryl methyl sites for hydroxylation is 1. The van der Waals surface area contributed by atoms with Crippen molar-refractivity contribution in [3.63, 3.8) is 0 Å². The van der Waals surface area contributed by atoms with Crippen LogP contribution in [-0.4, -0.2) is 28.3 Å². The van der Waals surface area contributed by atoms with E-state index in [4.69, 9.17) is 9.26 Å². The molecule has 1 aromatic carbocycles. The fourth-order valence-corrected chi connectivity index (χ4v) is 3.19. The number of amides is 1. The Bertz CT molecular complexity index is 707. The Balaban J connectivity index is 1.71. The minimum absolute atomic E-state index is 0.124. The van der Waals surface area contributed by atoms with E-state index < -0.39 is 6.10 Å². The number of nitrogens with one attached hydrogen (secondary N) is 1. The minimum Gasteiger partial charge on any atom is -0.365 e. The zero-order valence-corrected chi connectivity index (χ0v) is 14.8. The molecule has 0 saturated heterocycles. The lowest BCUT2D eigenvalue weighted by molar-refractivity contribution is -0.132. The first-order chi connectivity index (χ1) is 12.2. The Morgan fingerprint density at radius 2 is 2.08 bits per heavy atom. The van der Waals surface area contributed by atoms with E-state index in [1.54, 1.807) is 6.92 Å². The van der Waals surface area contributed by atoms with Gasteiger partial charge in [0.05, 0.1) is 11.8 Å². The van der Waals surface area contributed by atoms with Gasteiger partial charge in [-0.1, -0.05) is 43.5 Å². The number of carbonyl (C=O) groups excluding carboxylic acids is 1. The van der Waals surface area contributed by atoms with Crippen LogP contribution in [0.25, 0.3) is 11.4 Å². The third-order valence-electron chi connectivity index (χ3n) is 4.53. The largest absolute Gasteiger partial charge is 0.365 e. The topological polar surface area (TPSA) is 77.2 Å². The summed E-state index contributed by atoms with van der Waals surface area (Å²) in [6.45, 7) is 3.71. The van der Waals surface area contributed by atoms with E-state index in [9.17, 15) is 4.79 Å². The number of aromatic nitrogens is 2. The van der Waals surface area contributed by atoms with Gasteiger partial charge >= 0.3 is 0 Å². The first kappa shape index (κ1) is 17.6. The Morgan fingerprint density at radius 1 is 1.32 bits per heavy atom. The van der Waals surface area contributed by atoms with Crippen LogP contribution in [0.2, 0.25) is 0 Å². The molecule has 1 fully saturated rings. The van der Waals surface area contributed by atoms with E-state index in [1.807, 2.05) is 31.2 Å². The van der Waals surface area contributed by atoms with Crippen LogP contribution in [0.1, 0.15) is 51.3 Å². The maximum Gasteiger partial charge on any atom is 0.253 e. The highest BCUT2D eigenvalue weighted by molar-refractivity contribution is 5.97.